The molecular weight excluding hydrogens is 289 g/mol. The van der Waals surface area contributed by atoms with Gasteiger partial charge in [-0.1, -0.05) is 47.3 Å². The largest absolute Gasteiger partial charge is 0.325 e. The van der Waals surface area contributed by atoms with E-state index in [2.05, 4.69) is 28.2 Å². The Bertz CT molecular complexity index is 368. The first-order valence-electron chi connectivity index (χ1n) is 5.38. The molecule has 0 aliphatic carbocycles. The van der Waals surface area contributed by atoms with Crippen molar-refractivity contribution in [2.45, 2.75) is 32.6 Å². The standard InChI is InChI=1S/C12H15BrClNO/c1-2-3-4-5-12(16)15-11-8-9(13)6-7-10(11)14/h6-8H,2-5H2,1H3,(H,15,16). The van der Waals surface area contributed by atoms with E-state index in [1.807, 2.05) is 6.07 Å². The summed E-state index contributed by atoms with van der Waals surface area (Å²) in [7, 11) is 0. The van der Waals surface area contributed by atoms with Gasteiger partial charge in [0.2, 0.25) is 5.91 Å². The molecule has 1 aromatic carbocycles. The fourth-order valence-electron chi connectivity index (χ4n) is 1.34. The predicted molar refractivity (Wildman–Crippen MR) is 71.9 cm³/mol. The first kappa shape index (κ1) is 13.5. The highest BCUT2D eigenvalue weighted by atomic mass is 79.9. The maximum Gasteiger partial charge on any atom is 0.224 e. The molecule has 0 aliphatic heterocycles. The molecule has 1 rings (SSSR count). The van der Waals surface area contributed by atoms with Crippen molar-refractivity contribution in [2.24, 2.45) is 0 Å². The van der Waals surface area contributed by atoms with Crippen molar-refractivity contribution in [1.29, 1.82) is 0 Å². The maximum absolute atomic E-state index is 11.6. The second-order valence-corrected chi connectivity index (χ2v) is 4.95. The van der Waals surface area contributed by atoms with Crippen molar-refractivity contribution in [2.75, 3.05) is 5.32 Å². The minimum atomic E-state index is 0.0217. The number of carbonyl (C=O) groups excluding carboxylic acids is 1. The van der Waals surface area contributed by atoms with Crippen LogP contribution in [0.15, 0.2) is 22.7 Å². The Hall–Kier alpha value is -0.540. The molecule has 88 valence electrons. The zero-order valence-corrected chi connectivity index (χ0v) is 11.6. The summed E-state index contributed by atoms with van der Waals surface area (Å²) >= 11 is 9.31. The monoisotopic (exact) mass is 303 g/mol. The van der Waals surface area contributed by atoms with Crippen molar-refractivity contribution in [3.63, 3.8) is 0 Å². The van der Waals surface area contributed by atoms with Crippen LogP contribution in [0.2, 0.25) is 5.02 Å². The topological polar surface area (TPSA) is 29.1 Å². The summed E-state index contributed by atoms with van der Waals surface area (Å²) in [6, 6.07) is 5.41. The van der Waals surface area contributed by atoms with Gasteiger partial charge < -0.3 is 5.32 Å². The molecule has 0 fully saturated rings. The zero-order valence-electron chi connectivity index (χ0n) is 9.22. The van der Waals surface area contributed by atoms with Gasteiger partial charge in [-0.25, -0.2) is 0 Å². The molecule has 4 heteroatoms. The van der Waals surface area contributed by atoms with Gasteiger partial charge in [0.1, 0.15) is 0 Å². The van der Waals surface area contributed by atoms with Gasteiger partial charge in [-0.15, -0.1) is 0 Å². The van der Waals surface area contributed by atoms with E-state index in [4.69, 9.17) is 11.6 Å². The number of anilines is 1. The van der Waals surface area contributed by atoms with Crippen LogP contribution in [0, 0.1) is 0 Å². The molecule has 0 unspecified atom stereocenters. The lowest BCUT2D eigenvalue weighted by atomic mass is 10.2. The van der Waals surface area contributed by atoms with Crippen LogP contribution in [0.5, 0.6) is 0 Å². The second kappa shape index (κ2) is 6.92. The number of halogens is 2. The average molecular weight is 305 g/mol. The van der Waals surface area contributed by atoms with Gasteiger partial charge in [0.15, 0.2) is 0 Å². The van der Waals surface area contributed by atoms with E-state index in [9.17, 15) is 4.79 Å². The van der Waals surface area contributed by atoms with E-state index < -0.39 is 0 Å². The van der Waals surface area contributed by atoms with Crippen molar-refractivity contribution in [1.82, 2.24) is 0 Å². The Balaban J connectivity index is 2.52. The summed E-state index contributed by atoms with van der Waals surface area (Å²) in [5, 5.41) is 3.37. The predicted octanol–water partition coefficient (Wildman–Crippen LogP) is 4.62. The smallest absolute Gasteiger partial charge is 0.224 e. The molecule has 0 atom stereocenters. The van der Waals surface area contributed by atoms with E-state index in [0.717, 1.165) is 23.7 Å². The molecule has 0 aromatic heterocycles. The van der Waals surface area contributed by atoms with E-state index in [1.165, 1.54) is 0 Å². The normalized spacial score (nSPS) is 10.2. The minimum absolute atomic E-state index is 0.0217. The van der Waals surface area contributed by atoms with Gasteiger partial charge in [-0.2, -0.15) is 0 Å². The van der Waals surface area contributed by atoms with Crippen LogP contribution in [0.4, 0.5) is 5.69 Å². The first-order chi connectivity index (χ1) is 7.63. The molecule has 0 saturated heterocycles. The number of amides is 1. The van der Waals surface area contributed by atoms with Crippen molar-refractivity contribution in [3.8, 4) is 0 Å². The molecule has 1 aromatic rings. The number of hydrogen-bond donors (Lipinski definition) is 1. The van der Waals surface area contributed by atoms with E-state index >= 15 is 0 Å². The number of benzene rings is 1. The number of unbranched alkanes of at least 4 members (excludes halogenated alkanes) is 2. The third-order valence-corrected chi connectivity index (χ3v) is 3.03. The van der Waals surface area contributed by atoms with Crippen LogP contribution in [0.25, 0.3) is 0 Å². The maximum atomic E-state index is 11.6. The summed E-state index contributed by atoms with van der Waals surface area (Å²) in [5.74, 6) is 0.0217. The molecule has 1 amide bonds. The Morgan fingerprint density at radius 2 is 2.19 bits per heavy atom. The van der Waals surface area contributed by atoms with Gasteiger partial charge in [0.05, 0.1) is 10.7 Å². The molecule has 0 radical (unpaired) electrons. The minimum Gasteiger partial charge on any atom is -0.325 e. The molecule has 0 saturated carbocycles. The molecule has 0 bridgehead atoms. The fourth-order valence-corrected chi connectivity index (χ4v) is 1.87. The molecular formula is C12H15BrClNO. The highest BCUT2D eigenvalue weighted by Gasteiger charge is 2.05. The van der Waals surface area contributed by atoms with Gasteiger partial charge in [-0.3, -0.25) is 4.79 Å². The van der Waals surface area contributed by atoms with Gasteiger partial charge in [0.25, 0.3) is 0 Å². The quantitative estimate of drug-likeness (QED) is 0.790. The fraction of sp³-hybridized carbons (Fsp3) is 0.417. The highest BCUT2D eigenvalue weighted by Crippen LogP contribution is 2.25. The van der Waals surface area contributed by atoms with Gasteiger partial charge >= 0.3 is 0 Å². The van der Waals surface area contributed by atoms with Crippen LogP contribution in [-0.4, -0.2) is 5.91 Å². The van der Waals surface area contributed by atoms with Crippen LogP contribution in [0.3, 0.4) is 0 Å². The van der Waals surface area contributed by atoms with Crippen LogP contribution >= 0.6 is 27.5 Å². The molecule has 2 nitrogen and oxygen atoms in total. The Kier molecular flexibility index (Phi) is 5.85. The number of rotatable bonds is 5. The first-order valence-corrected chi connectivity index (χ1v) is 6.55. The van der Waals surface area contributed by atoms with Gasteiger partial charge in [-0.05, 0) is 24.6 Å². The summed E-state index contributed by atoms with van der Waals surface area (Å²) in [6.45, 7) is 2.11. The third-order valence-electron chi connectivity index (χ3n) is 2.21. The Morgan fingerprint density at radius 1 is 1.44 bits per heavy atom. The molecule has 1 N–H and O–H groups in total. The van der Waals surface area contributed by atoms with Crippen LogP contribution < -0.4 is 5.32 Å². The molecule has 0 aliphatic rings. The van der Waals surface area contributed by atoms with Gasteiger partial charge in [0, 0.05) is 10.9 Å². The summed E-state index contributed by atoms with van der Waals surface area (Å²) < 4.78 is 0.903. The third kappa shape index (κ3) is 4.54. The second-order valence-electron chi connectivity index (χ2n) is 3.63. The lowest BCUT2D eigenvalue weighted by Crippen LogP contribution is -2.11. The van der Waals surface area contributed by atoms with E-state index in [0.29, 0.717) is 17.1 Å². The Morgan fingerprint density at radius 3 is 2.88 bits per heavy atom. The molecule has 0 heterocycles. The summed E-state index contributed by atoms with van der Waals surface area (Å²) in [5.41, 5.74) is 0.664. The van der Waals surface area contributed by atoms with Crippen molar-refractivity contribution < 1.29 is 4.79 Å². The zero-order chi connectivity index (χ0) is 12.0. The van der Waals surface area contributed by atoms with Crippen molar-refractivity contribution in [3.05, 3.63) is 27.7 Å². The lowest BCUT2D eigenvalue weighted by molar-refractivity contribution is -0.116. The molecule has 16 heavy (non-hydrogen) atoms. The SMILES string of the molecule is CCCCCC(=O)Nc1cc(Br)ccc1Cl. The van der Waals surface area contributed by atoms with Crippen molar-refractivity contribution >= 4 is 39.1 Å². The van der Waals surface area contributed by atoms with E-state index in [-0.39, 0.29) is 5.91 Å². The van der Waals surface area contributed by atoms with Crippen LogP contribution in [-0.2, 0) is 4.79 Å². The number of nitrogens with one attached hydrogen (secondary N) is 1. The summed E-state index contributed by atoms with van der Waals surface area (Å²) in [4.78, 5) is 11.6. The lowest BCUT2D eigenvalue weighted by Gasteiger charge is -2.07. The number of carbonyl (C=O) groups is 1. The average Bonchev–Trinajstić information content (AvgIpc) is 2.24. The van der Waals surface area contributed by atoms with Crippen LogP contribution in [0.1, 0.15) is 32.6 Å². The number of hydrogen-bond acceptors (Lipinski definition) is 1. The highest BCUT2D eigenvalue weighted by molar-refractivity contribution is 9.10. The molecule has 0 spiro atoms. The summed E-state index contributed by atoms with van der Waals surface area (Å²) in [6.07, 6.45) is 3.68. The Labute approximate surface area is 110 Å². The van der Waals surface area contributed by atoms with E-state index in [1.54, 1.807) is 12.1 Å².